The zero-order chi connectivity index (χ0) is 15.2. The third kappa shape index (κ3) is 5.23. The second-order valence-electron chi connectivity index (χ2n) is 5.18. The van der Waals surface area contributed by atoms with Gasteiger partial charge in [-0.2, -0.15) is 0 Å². The fourth-order valence-electron chi connectivity index (χ4n) is 1.90. The Kier molecular flexibility index (Phi) is 6.43. The second kappa shape index (κ2) is 8.09. The van der Waals surface area contributed by atoms with E-state index in [1.165, 1.54) is 11.1 Å². The summed E-state index contributed by atoms with van der Waals surface area (Å²) in [5.74, 6) is 0.885. The number of nitrogens with one attached hydrogen (secondary N) is 1. The van der Waals surface area contributed by atoms with Gasteiger partial charge in [0.2, 0.25) is 0 Å². The van der Waals surface area contributed by atoms with Gasteiger partial charge in [0.05, 0.1) is 5.02 Å². The van der Waals surface area contributed by atoms with Gasteiger partial charge >= 0.3 is 0 Å². The third-order valence-corrected chi connectivity index (χ3v) is 4.97. The highest BCUT2D eigenvalue weighted by Gasteiger charge is 2.08. The average Bonchev–Trinajstić information content (AvgIpc) is 2.46. The predicted molar refractivity (Wildman–Crippen MR) is 94.4 cm³/mol. The molecule has 2 aromatic carbocycles. The lowest BCUT2D eigenvalue weighted by atomic mass is 10.2. The van der Waals surface area contributed by atoms with E-state index in [0.717, 1.165) is 27.2 Å². The molecule has 0 fully saturated rings. The maximum atomic E-state index is 6.37. The highest BCUT2D eigenvalue weighted by Crippen LogP contribution is 2.33. The average molecular weight is 340 g/mol. The van der Waals surface area contributed by atoms with Crippen LogP contribution in [0.2, 0.25) is 10.0 Å². The van der Waals surface area contributed by atoms with Gasteiger partial charge < -0.3 is 5.32 Å². The van der Waals surface area contributed by atoms with Gasteiger partial charge in [0.1, 0.15) is 0 Å². The van der Waals surface area contributed by atoms with Gasteiger partial charge in [0.25, 0.3) is 0 Å². The molecule has 4 heteroatoms. The zero-order valence-corrected chi connectivity index (χ0v) is 14.5. The summed E-state index contributed by atoms with van der Waals surface area (Å²) in [7, 11) is 0. The van der Waals surface area contributed by atoms with Crippen molar-refractivity contribution in [1.29, 1.82) is 0 Å². The maximum absolute atomic E-state index is 6.37. The van der Waals surface area contributed by atoms with Crippen LogP contribution in [-0.2, 0) is 12.3 Å². The number of halogens is 2. The Morgan fingerprint density at radius 1 is 1.05 bits per heavy atom. The third-order valence-electron chi connectivity index (χ3n) is 3.05. The van der Waals surface area contributed by atoms with E-state index >= 15 is 0 Å². The van der Waals surface area contributed by atoms with Gasteiger partial charge in [-0.25, -0.2) is 0 Å². The molecule has 0 aliphatic carbocycles. The molecule has 0 saturated heterocycles. The summed E-state index contributed by atoms with van der Waals surface area (Å²) in [5.41, 5.74) is 2.49. The predicted octanol–water partition coefficient (Wildman–Crippen LogP) is 5.78. The van der Waals surface area contributed by atoms with Crippen LogP contribution in [0.3, 0.4) is 0 Å². The smallest absolute Gasteiger partial charge is 0.0545 e. The summed E-state index contributed by atoms with van der Waals surface area (Å²) in [5, 5.41) is 5.03. The van der Waals surface area contributed by atoms with E-state index in [1.807, 2.05) is 24.3 Å². The number of benzene rings is 2. The van der Waals surface area contributed by atoms with Gasteiger partial charge in [-0.1, -0.05) is 61.3 Å². The van der Waals surface area contributed by atoms with Gasteiger partial charge in [-0.3, -0.25) is 0 Å². The summed E-state index contributed by atoms with van der Waals surface area (Å²) in [4.78, 5) is 1.15. The Morgan fingerprint density at radius 3 is 2.43 bits per heavy atom. The normalized spacial score (nSPS) is 11.1. The molecule has 0 saturated carbocycles. The van der Waals surface area contributed by atoms with E-state index < -0.39 is 0 Å². The summed E-state index contributed by atoms with van der Waals surface area (Å²) < 4.78 is 0. The van der Waals surface area contributed by atoms with Crippen LogP contribution in [0.15, 0.2) is 47.4 Å². The van der Waals surface area contributed by atoms with Gasteiger partial charge in [0, 0.05) is 28.3 Å². The first kappa shape index (κ1) is 16.7. The molecule has 0 aliphatic heterocycles. The van der Waals surface area contributed by atoms with Crippen molar-refractivity contribution in [3.8, 4) is 0 Å². The van der Waals surface area contributed by atoms with Crippen molar-refractivity contribution >= 4 is 35.0 Å². The highest BCUT2D eigenvalue weighted by atomic mass is 35.5. The monoisotopic (exact) mass is 339 g/mol. The van der Waals surface area contributed by atoms with Crippen molar-refractivity contribution in [3.05, 3.63) is 63.6 Å². The lowest BCUT2D eigenvalue weighted by Crippen LogP contribution is -2.22. The first-order valence-electron chi connectivity index (χ1n) is 6.94. The van der Waals surface area contributed by atoms with E-state index in [4.69, 9.17) is 23.2 Å². The molecule has 1 nitrogen and oxygen atoms in total. The Bertz CT molecular complexity index is 582. The van der Waals surface area contributed by atoms with E-state index in [9.17, 15) is 0 Å². The minimum absolute atomic E-state index is 0.457. The summed E-state index contributed by atoms with van der Waals surface area (Å²) >= 11 is 14.0. The molecule has 0 aliphatic rings. The number of hydrogen-bond acceptors (Lipinski definition) is 2. The van der Waals surface area contributed by atoms with Gasteiger partial charge in [-0.05, 0) is 29.3 Å². The van der Waals surface area contributed by atoms with Crippen molar-refractivity contribution in [2.24, 2.45) is 0 Å². The fourth-order valence-corrected chi connectivity index (χ4v) is 3.42. The summed E-state index contributed by atoms with van der Waals surface area (Å²) in [6.45, 7) is 5.12. The second-order valence-corrected chi connectivity index (χ2v) is 7.01. The van der Waals surface area contributed by atoms with Crippen molar-refractivity contribution < 1.29 is 0 Å². The first-order valence-corrected chi connectivity index (χ1v) is 8.68. The number of hydrogen-bond donors (Lipinski definition) is 1. The van der Waals surface area contributed by atoms with E-state index in [-0.39, 0.29) is 0 Å². The lowest BCUT2D eigenvalue weighted by molar-refractivity contribution is 0.585. The Labute approximate surface area is 141 Å². The standard InChI is InChI=1S/C17H19Cl2NS/c1-12(2)20-10-14-4-3-5-16(19)17(14)21-11-13-6-8-15(18)9-7-13/h3-9,12,20H,10-11H2,1-2H3. The maximum Gasteiger partial charge on any atom is 0.0545 e. The molecular weight excluding hydrogens is 321 g/mol. The lowest BCUT2D eigenvalue weighted by Gasteiger charge is -2.14. The summed E-state index contributed by atoms with van der Waals surface area (Å²) in [6.07, 6.45) is 0. The first-order chi connectivity index (χ1) is 10.1. The van der Waals surface area contributed by atoms with Crippen molar-refractivity contribution in [1.82, 2.24) is 5.32 Å². The molecule has 0 radical (unpaired) electrons. The molecule has 2 rings (SSSR count). The van der Waals surface area contributed by atoms with Crippen LogP contribution in [0.25, 0.3) is 0 Å². The molecule has 0 amide bonds. The van der Waals surface area contributed by atoms with E-state index in [0.29, 0.717) is 6.04 Å². The molecule has 2 aromatic rings. The highest BCUT2D eigenvalue weighted by molar-refractivity contribution is 7.98. The molecule has 0 aromatic heterocycles. The molecule has 0 atom stereocenters. The van der Waals surface area contributed by atoms with Crippen LogP contribution in [0.1, 0.15) is 25.0 Å². The summed E-state index contributed by atoms with van der Waals surface area (Å²) in [6, 6.07) is 14.5. The van der Waals surface area contributed by atoms with Crippen molar-refractivity contribution in [2.45, 2.75) is 37.1 Å². The largest absolute Gasteiger partial charge is 0.310 e. The Hall–Kier alpha value is -0.670. The van der Waals surface area contributed by atoms with Crippen molar-refractivity contribution in [3.63, 3.8) is 0 Å². The molecule has 0 bridgehead atoms. The molecule has 0 unspecified atom stereocenters. The Morgan fingerprint density at radius 2 is 1.76 bits per heavy atom. The van der Waals surface area contributed by atoms with Crippen LogP contribution in [0.5, 0.6) is 0 Å². The molecule has 0 spiro atoms. The quantitative estimate of drug-likeness (QED) is 0.669. The number of thioether (sulfide) groups is 1. The van der Waals surface area contributed by atoms with Crippen LogP contribution >= 0.6 is 35.0 Å². The minimum Gasteiger partial charge on any atom is -0.310 e. The zero-order valence-electron chi connectivity index (χ0n) is 12.2. The molecular formula is C17H19Cl2NS. The fraction of sp³-hybridized carbons (Fsp3) is 0.294. The van der Waals surface area contributed by atoms with Gasteiger partial charge in [-0.15, -0.1) is 11.8 Å². The minimum atomic E-state index is 0.457. The molecule has 1 N–H and O–H groups in total. The Balaban J connectivity index is 2.09. The van der Waals surface area contributed by atoms with Crippen LogP contribution in [-0.4, -0.2) is 6.04 Å². The number of rotatable bonds is 6. The van der Waals surface area contributed by atoms with Crippen LogP contribution < -0.4 is 5.32 Å². The van der Waals surface area contributed by atoms with Crippen LogP contribution in [0, 0.1) is 0 Å². The van der Waals surface area contributed by atoms with E-state index in [1.54, 1.807) is 11.8 Å². The molecule has 112 valence electrons. The SMILES string of the molecule is CC(C)NCc1cccc(Cl)c1SCc1ccc(Cl)cc1. The molecule has 0 heterocycles. The molecule has 21 heavy (non-hydrogen) atoms. The van der Waals surface area contributed by atoms with E-state index in [2.05, 4.69) is 37.4 Å². The van der Waals surface area contributed by atoms with Crippen LogP contribution in [0.4, 0.5) is 0 Å². The topological polar surface area (TPSA) is 12.0 Å². The van der Waals surface area contributed by atoms with Crippen molar-refractivity contribution in [2.75, 3.05) is 0 Å². The van der Waals surface area contributed by atoms with Gasteiger partial charge in [0.15, 0.2) is 0 Å².